The maximum atomic E-state index is 5.72. The number of hydrogen-bond acceptors (Lipinski definition) is 5. The molecule has 1 saturated heterocycles. The summed E-state index contributed by atoms with van der Waals surface area (Å²) in [6, 6.07) is 12.6. The number of methoxy groups -OCH3 is 1. The normalized spacial score (nSPS) is 18.7. The molecule has 0 spiro atoms. The number of hydrogen-bond donors (Lipinski definition) is 0. The van der Waals surface area contributed by atoms with E-state index in [9.17, 15) is 0 Å². The lowest BCUT2D eigenvalue weighted by molar-refractivity contribution is 0.137. The zero-order valence-electron chi connectivity index (χ0n) is 14.7. The number of ether oxygens (including phenoxy) is 1. The van der Waals surface area contributed by atoms with Crippen molar-refractivity contribution >= 4 is 11.9 Å². The van der Waals surface area contributed by atoms with Crippen LogP contribution in [0.1, 0.15) is 22.7 Å². The summed E-state index contributed by atoms with van der Waals surface area (Å²) in [5.41, 5.74) is 3.43. The van der Waals surface area contributed by atoms with Crippen LogP contribution < -0.4 is 4.74 Å². The van der Waals surface area contributed by atoms with Crippen LogP contribution in [0.3, 0.4) is 0 Å². The van der Waals surface area contributed by atoms with Crippen molar-refractivity contribution in [1.82, 2.24) is 14.2 Å². The fourth-order valence-electron chi connectivity index (χ4n) is 3.28. The highest BCUT2D eigenvalue weighted by Crippen LogP contribution is 2.32. The third-order valence-corrected chi connectivity index (χ3v) is 5.45. The zero-order valence-corrected chi connectivity index (χ0v) is 15.5. The molecular weight excluding hydrogens is 330 g/mol. The monoisotopic (exact) mass is 353 g/mol. The SMILES string of the molecule is C#Cc1ccccc1C1CN(Cc2ccnc(OC)c2)CCN1SC. The average molecular weight is 353 g/mol. The predicted molar refractivity (Wildman–Crippen MR) is 103 cm³/mol. The van der Waals surface area contributed by atoms with Crippen molar-refractivity contribution in [2.45, 2.75) is 12.6 Å². The van der Waals surface area contributed by atoms with Gasteiger partial charge in [0, 0.05) is 44.0 Å². The van der Waals surface area contributed by atoms with Crippen LogP contribution in [0.5, 0.6) is 5.88 Å². The Kier molecular flexibility index (Phi) is 5.98. The molecule has 1 aliphatic rings. The second-order valence-electron chi connectivity index (χ2n) is 6.01. The number of piperazine rings is 1. The lowest BCUT2D eigenvalue weighted by Crippen LogP contribution is -2.45. The quantitative estimate of drug-likeness (QED) is 0.608. The van der Waals surface area contributed by atoms with Crippen LogP contribution in [0, 0.1) is 12.3 Å². The fraction of sp³-hybridized carbons (Fsp3) is 0.350. The third kappa shape index (κ3) is 4.16. The molecule has 0 amide bonds. The molecule has 1 aromatic carbocycles. The van der Waals surface area contributed by atoms with Crippen LogP contribution in [-0.4, -0.2) is 47.2 Å². The van der Waals surface area contributed by atoms with E-state index < -0.39 is 0 Å². The van der Waals surface area contributed by atoms with Gasteiger partial charge in [-0.25, -0.2) is 9.29 Å². The van der Waals surface area contributed by atoms with Gasteiger partial charge in [0.25, 0.3) is 0 Å². The Morgan fingerprint density at radius 2 is 2.16 bits per heavy atom. The molecule has 2 heterocycles. The summed E-state index contributed by atoms with van der Waals surface area (Å²) in [6.45, 7) is 3.87. The number of nitrogens with zero attached hydrogens (tertiary/aromatic N) is 3. The number of pyridine rings is 1. The minimum absolute atomic E-state index is 0.291. The third-order valence-electron chi connectivity index (χ3n) is 4.54. The molecule has 3 rings (SSSR count). The summed E-state index contributed by atoms with van der Waals surface area (Å²) in [5, 5.41) is 0. The van der Waals surface area contributed by atoms with Gasteiger partial charge in [0.1, 0.15) is 0 Å². The van der Waals surface area contributed by atoms with Crippen molar-refractivity contribution in [3.05, 3.63) is 59.3 Å². The highest BCUT2D eigenvalue weighted by molar-refractivity contribution is 7.96. The first-order chi connectivity index (χ1) is 12.2. The Morgan fingerprint density at radius 3 is 2.92 bits per heavy atom. The van der Waals surface area contributed by atoms with Gasteiger partial charge in [-0.3, -0.25) is 4.90 Å². The van der Waals surface area contributed by atoms with Crippen LogP contribution in [-0.2, 0) is 6.54 Å². The van der Waals surface area contributed by atoms with Crippen LogP contribution >= 0.6 is 11.9 Å². The van der Waals surface area contributed by atoms with Crippen molar-refractivity contribution in [2.24, 2.45) is 0 Å². The molecule has 130 valence electrons. The van der Waals surface area contributed by atoms with Gasteiger partial charge in [-0.2, -0.15) is 0 Å². The Morgan fingerprint density at radius 1 is 1.32 bits per heavy atom. The number of aromatic nitrogens is 1. The zero-order chi connectivity index (χ0) is 17.6. The molecule has 1 aliphatic heterocycles. The number of terminal acetylenes is 1. The molecule has 1 unspecified atom stereocenters. The molecule has 5 heteroatoms. The van der Waals surface area contributed by atoms with Crippen molar-refractivity contribution in [2.75, 3.05) is 33.0 Å². The summed E-state index contributed by atoms with van der Waals surface area (Å²) in [6.07, 6.45) is 9.66. The van der Waals surface area contributed by atoms with Crippen molar-refractivity contribution in [3.63, 3.8) is 0 Å². The largest absolute Gasteiger partial charge is 0.481 e. The molecule has 0 N–H and O–H groups in total. The first-order valence-electron chi connectivity index (χ1n) is 8.32. The fourth-order valence-corrected chi connectivity index (χ4v) is 3.97. The van der Waals surface area contributed by atoms with Gasteiger partial charge in [0.05, 0.1) is 13.2 Å². The summed E-state index contributed by atoms with van der Waals surface area (Å²) in [4.78, 5) is 6.66. The van der Waals surface area contributed by atoms with E-state index in [4.69, 9.17) is 11.2 Å². The topological polar surface area (TPSA) is 28.6 Å². The maximum Gasteiger partial charge on any atom is 0.213 e. The lowest BCUT2D eigenvalue weighted by Gasteiger charge is -2.40. The summed E-state index contributed by atoms with van der Waals surface area (Å²) >= 11 is 1.79. The molecular formula is C20H23N3OS. The van der Waals surface area contributed by atoms with E-state index in [1.807, 2.05) is 24.3 Å². The van der Waals surface area contributed by atoms with Crippen molar-refractivity contribution in [1.29, 1.82) is 0 Å². The standard InChI is InChI=1S/C20H23N3OS/c1-4-17-7-5-6-8-18(17)19-15-22(11-12-23(19)25-3)14-16-9-10-21-20(13-16)24-2/h1,5-10,13,19H,11-12,14-15H2,2-3H3. The van der Waals surface area contributed by atoms with Crippen LogP contribution in [0.15, 0.2) is 42.6 Å². The Balaban J connectivity index is 1.79. The Bertz CT molecular complexity index is 759. The van der Waals surface area contributed by atoms with Crippen molar-refractivity contribution in [3.8, 4) is 18.2 Å². The molecule has 2 aromatic rings. The van der Waals surface area contributed by atoms with E-state index in [-0.39, 0.29) is 0 Å². The summed E-state index contributed by atoms with van der Waals surface area (Å²) < 4.78 is 7.67. The molecule has 1 aromatic heterocycles. The van der Waals surface area contributed by atoms with Gasteiger partial charge >= 0.3 is 0 Å². The minimum Gasteiger partial charge on any atom is -0.481 e. The van der Waals surface area contributed by atoms with Gasteiger partial charge in [0.15, 0.2) is 0 Å². The molecule has 4 nitrogen and oxygen atoms in total. The first-order valence-corrected chi connectivity index (χ1v) is 9.51. The Labute approximate surface area is 154 Å². The van der Waals surface area contributed by atoms with Gasteiger partial charge in [-0.1, -0.05) is 36.1 Å². The summed E-state index contributed by atoms with van der Waals surface area (Å²) in [5.74, 6) is 3.50. The molecule has 0 saturated carbocycles. The van der Waals surface area contributed by atoms with Gasteiger partial charge in [-0.05, 0) is 29.5 Å². The maximum absolute atomic E-state index is 5.72. The molecule has 0 radical (unpaired) electrons. The van der Waals surface area contributed by atoms with E-state index >= 15 is 0 Å². The van der Waals surface area contributed by atoms with Gasteiger partial charge < -0.3 is 4.74 Å². The molecule has 1 fully saturated rings. The van der Waals surface area contributed by atoms with E-state index in [0.29, 0.717) is 11.9 Å². The van der Waals surface area contributed by atoms with Gasteiger partial charge in [0.2, 0.25) is 5.88 Å². The van der Waals surface area contributed by atoms with E-state index in [1.54, 1.807) is 25.3 Å². The molecule has 0 bridgehead atoms. The number of benzene rings is 1. The second-order valence-corrected chi connectivity index (χ2v) is 6.85. The predicted octanol–water partition coefficient (Wildman–Crippen LogP) is 3.21. The lowest BCUT2D eigenvalue weighted by atomic mass is 9.98. The average Bonchev–Trinajstić information content (AvgIpc) is 2.68. The van der Waals surface area contributed by atoms with E-state index in [0.717, 1.165) is 31.7 Å². The molecule has 1 atom stereocenters. The van der Waals surface area contributed by atoms with E-state index in [2.05, 4.69) is 38.5 Å². The minimum atomic E-state index is 0.291. The van der Waals surface area contributed by atoms with Gasteiger partial charge in [-0.15, -0.1) is 6.42 Å². The van der Waals surface area contributed by atoms with Crippen LogP contribution in [0.25, 0.3) is 0 Å². The molecule has 0 aliphatic carbocycles. The van der Waals surface area contributed by atoms with Crippen LogP contribution in [0.4, 0.5) is 0 Å². The van der Waals surface area contributed by atoms with Crippen molar-refractivity contribution < 1.29 is 4.74 Å². The first kappa shape index (κ1) is 17.8. The Hall–Kier alpha value is -2.00. The van der Waals surface area contributed by atoms with Crippen LogP contribution in [0.2, 0.25) is 0 Å². The van der Waals surface area contributed by atoms with E-state index in [1.165, 1.54) is 11.1 Å². The second kappa shape index (κ2) is 8.39. The summed E-state index contributed by atoms with van der Waals surface area (Å²) in [7, 11) is 1.65. The molecule has 25 heavy (non-hydrogen) atoms. The smallest absolute Gasteiger partial charge is 0.213 e. The highest BCUT2D eigenvalue weighted by Gasteiger charge is 2.29. The highest BCUT2D eigenvalue weighted by atomic mass is 32.2. The number of rotatable bonds is 5.